The Balaban J connectivity index is 1.97. The molecule has 3 rings (SSSR count). The molecule has 2 N–H and O–H groups in total. The average Bonchev–Trinajstić information content (AvgIpc) is 2.78. The summed E-state index contributed by atoms with van der Waals surface area (Å²) in [6.45, 7) is 4.04. The molecule has 0 fully saturated rings. The third kappa shape index (κ3) is 5.61. The summed E-state index contributed by atoms with van der Waals surface area (Å²) in [4.78, 5) is 28.4. The van der Waals surface area contributed by atoms with Crippen LogP contribution < -0.4 is 5.32 Å². The van der Waals surface area contributed by atoms with Crippen molar-refractivity contribution in [2.45, 2.75) is 32.2 Å². The lowest BCUT2D eigenvalue weighted by Crippen LogP contribution is -2.26. The summed E-state index contributed by atoms with van der Waals surface area (Å²) in [6.07, 6.45) is 2.24. The Morgan fingerprint density at radius 1 is 1.10 bits per heavy atom. The van der Waals surface area contributed by atoms with Crippen LogP contribution in [0.5, 0.6) is 0 Å². The Morgan fingerprint density at radius 3 is 2.48 bits per heavy atom. The van der Waals surface area contributed by atoms with Crippen LogP contribution in [0.4, 0.5) is 0 Å². The van der Waals surface area contributed by atoms with E-state index in [0.29, 0.717) is 12.0 Å². The first-order valence-corrected chi connectivity index (χ1v) is 10.3. The highest BCUT2D eigenvalue weighted by molar-refractivity contribution is 5.94. The van der Waals surface area contributed by atoms with Crippen molar-refractivity contribution in [3.8, 4) is 0 Å². The van der Waals surface area contributed by atoms with Crippen molar-refractivity contribution in [3.05, 3.63) is 105 Å². The molecular formula is C25H27N3O3. The third-order valence-corrected chi connectivity index (χ3v) is 5.38. The molecule has 0 aliphatic heterocycles. The maximum absolute atomic E-state index is 12.2. The zero-order chi connectivity index (χ0) is 22.2. The molecule has 0 saturated carbocycles. The molecule has 0 radical (unpaired) electrons. The average molecular weight is 418 g/mol. The summed E-state index contributed by atoms with van der Waals surface area (Å²) in [6, 6.07) is 18.6. The molecule has 0 spiro atoms. The molecule has 160 valence electrons. The number of aliphatic hydroxyl groups is 1. The van der Waals surface area contributed by atoms with Gasteiger partial charge in [-0.05, 0) is 66.8 Å². The van der Waals surface area contributed by atoms with Gasteiger partial charge in [-0.3, -0.25) is 9.78 Å². The number of nitroso groups, excluding NO2 is 1. The number of hydrogen-bond donors (Lipinski definition) is 2. The van der Waals surface area contributed by atoms with Crippen molar-refractivity contribution in [2.75, 3.05) is 13.2 Å². The van der Waals surface area contributed by atoms with E-state index in [0.717, 1.165) is 27.9 Å². The number of nitrogens with one attached hydrogen (secondary N) is 1. The van der Waals surface area contributed by atoms with Crippen molar-refractivity contribution in [2.24, 2.45) is 5.18 Å². The fourth-order valence-corrected chi connectivity index (χ4v) is 3.85. The van der Waals surface area contributed by atoms with Crippen molar-refractivity contribution < 1.29 is 9.90 Å². The lowest BCUT2D eigenvalue weighted by molar-refractivity contribution is 0.0944. The smallest absolute Gasteiger partial charge is 0.251 e. The molecule has 0 aliphatic rings. The molecule has 1 amide bonds. The maximum atomic E-state index is 12.2. The number of rotatable bonds is 9. The number of hydrogen-bond acceptors (Lipinski definition) is 5. The quantitative estimate of drug-likeness (QED) is 0.516. The molecule has 2 aromatic carbocycles. The summed E-state index contributed by atoms with van der Waals surface area (Å²) >= 11 is 0. The minimum atomic E-state index is -0.517. The van der Waals surface area contributed by atoms with Gasteiger partial charge in [0.05, 0.1) is 6.61 Å². The maximum Gasteiger partial charge on any atom is 0.251 e. The van der Waals surface area contributed by atoms with E-state index in [4.69, 9.17) is 5.11 Å². The standard InChI is InChI=1S/C25H27N3O3/c1-17-5-3-4-6-22(17)24(23(28-31)16-19-11-12-26-18(2)15-19)20-7-9-21(10-8-20)25(30)27-13-14-29/h3-12,15,23-24,29H,13-14,16H2,1-2H3,(H,27,30)/t23?,24-/m1/s1. The van der Waals surface area contributed by atoms with Gasteiger partial charge in [-0.15, -0.1) is 0 Å². The topological polar surface area (TPSA) is 91.7 Å². The van der Waals surface area contributed by atoms with Gasteiger partial charge in [-0.2, -0.15) is 4.91 Å². The number of aliphatic hydroxyl groups excluding tert-OH is 1. The van der Waals surface area contributed by atoms with E-state index in [2.05, 4.69) is 15.5 Å². The van der Waals surface area contributed by atoms with E-state index in [1.165, 1.54) is 0 Å². The number of pyridine rings is 1. The van der Waals surface area contributed by atoms with Gasteiger partial charge >= 0.3 is 0 Å². The zero-order valence-electron chi connectivity index (χ0n) is 17.8. The van der Waals surface area contributed by atoms with E-state index < -0.39 is 6.04 Å². The van der Waals surface area contributed by atoms with Crippen LogP contribution in [0.1, 0.15) is 44.2 Å². The van der Waals surface area contributed by atoms with Crippen LogP contribution in [-0.4, -0.2) is 35.2 Å². The van der Waals surface area contributed by atoms with Gasteiger partial charge < -0.3 is 10.4 Å². The van der Waals surface area contributed by atoms with Gasteiger partial charge in [0.1, 0.15) is 6.04 Å². The first kappa shape index (κ1) is 22.3. The Hall–Kier alpha value is -3.38. The van der Waals surface area contributed by atoms with Crippen LogP contribution in [-0.2, 0) is 6.42 Å². The summed E-state index contributed by atoms with van der Waals surface area (Å²) in [7, 11) is 0. The summed E-state index contributed by atoms with van der Waals surface area (Å²) in [5.74, 6) is -0.493. The first-order valence-electron chi connectivity index (χ1n) is 10.3. The molecule has 6 heteroatoms. The highest BCUT2D eigenvalue weighted by atomic mass is 16.3. The molecule has 2 atom stereocenters. The zero-order valence-corrected chi connectivity index (χ0v) is 17.8. The molecule has 31 heavy (non-hydrogen) atoms. The highest BCUT2D eigenvalue weighted by Crippen LogP contribution is 2.34. The minimum Gasteiger partial charge on any atom is -0.395 e. The number of nitrogens with zero attached hydrogens (tertiary/aromatic N) is 2. The number of carbonyl (C=O) groups is 1. The Bertz CT molecular complexity index is 1030. The molecular weight excluding hydrogens is 390 g/mol. The van der Waals surface area contributed by atoms with E-state index >= 15 is 0 Å². The lowest BCUT2D eigenvalue weighted by Gasteiger charge is -2.25. The van der Waals surface area contributed by atoms with Crippen molar-refractivity contribution in [1.29, 1.82) is 0 Å². The Kier molecular flexibility index (Phi) is 7.62. The largest absolute Gasteiger partial charge is 0.395 e. The number of benzene rings is 2. The lowest BCUT2D eigenvalue weighted by atomic mass is 9.81. The molecule has 0 bridgehead atoms. The van der Waals surface area contributed by atoms with E-state index in [1.807, 2.05) is 62.4 Å². The first-order chi connectivity index (χ1) is 15.0. The van der Waals surface area contributed by atoms with Gasteiger partial charge in [0.15, 0.2) is 0 Å². The SMILES string of the molecule is Cc1cc(CC(N=O)[C@H](c2ccc(C(=O)NCCO)cc2)c2ccccc2C)ccn1. The highest BCUT2D eigenvalue weighted by Gasteiger charge is 2.28. The van der Waals surface area contributed by atoms with Crippen LogP contribution in [0.3, 0.4) is 0 Å². The molecule has 1 unspecified atom stereocenters. The number of amides is 1. The number of aromatic nitrogens is 1. The summed E-state index contributed by atoms with van der Waals surface area (Å²) in [5, 5.41) is 15.1. The van der Waals surface area contributed by atoms with E-state index in [-0.39, 0.29) is 25.0 Å². The van der Waals surface area contributed by atoms with Crippen molar-refractivity contribution >= 4 is 5.91 Å². The van der Waals surface area contributed by atoms with Crippen molar-refractivity contribution in [1.82, 2.24) is 10.3 Å². The molecule has 1 heterocycles. The van der Waals surface area contributed by atoms with Gasteiger partial charge in [0.2, 0.25) is 0 Å². The minimum absolute atomic E-state index is 0.111. The van der Waals surface area contributed by atoms with Gasteiger partial charge in [0.25, 0.3) is 5.91 Å². The third-order valence-electron chi connectivity index (χ3n) is 5.38. The monoisotopic (exact) mass is 417 g/mol. The normalized spacial score (nSPS) is 12.7. The molecule has 6 nitrogen and oxygen atoms in total. The Morgan fingerprint density at radius 2 is 1.84 bits per heavy atom. The predicted molar refractivity (Wildman–Crippen MR) is 121 cm³/mol. The van der Waals surface area contributed by atoms with Gasteiger partial charge in [0, 0.05) is 29.9 Å². The molecule has 1 aromatic heterocycles. The van der Waals surface area contributed by atoms with Crippen molar-refractivity contribution in [3.63, 3.8) is 0 Å². The summed E-state index contributed by atoms with van der Waals surface area (Å²) < 4.78 is 0. The number of aryl methyl sites for hydroxylation is 2. The Labute approximate surface area is 182 Å². The van der Waals surface area contributed by atoms with Crippen LogP contribution in [0.25, 0.3) is 0 Å². The second kappa shape index (κ2) is 10.6. The van der Waals surface area contributed by atoms with E-state index in [1.54, 1.807) is 18.3 Å². The predicted octanol–water partition coefficient (Wildman–Crippen LogP) is 3.93. The second-order valence-electron chi connectivity index (χ2n) is 7.62. The fourth-order valence-electron chi connectivity index (χ4n) is 3.85. The van der Waals surface area contributed by atoms with Crippen LogP contribution in [0, 0.1) is 18.8 Å². The molecule has 0 aliphatic carbocycles. The fraction of sp³-hybridized carbons (Fsp3) is 0.280. The molecule has 3 aromatic rings. The van der Waals surface area contributed by atoms with Crippen LogP contribution >= 0.6 is 0 Å². The summed E-state index contributed by atoms with van der Waals surface area (Å²) in [5.41, 5.74) is 5.44. The number of carbonyl (C=O) groups excluding carboxylic acids is 1. The van der Waals surface area contributed by atoms with Crippen LogP contribution in [0.2, 0.25) is 0 Å². The van der Waals surface area contributed by atoms with Crippen LogP contribution in [0.15, 0.2) is 72.0 Å². The second-order valence-corrected chi connectivity index (χ2v) is 7.62. The van der Waals surface area contributed by atoms with Gasteiger partial charge in [-0.25, -0.2) is 0 Å². The van der Waals surface area contributed by atoms with Gasteiger partial charge in [-0.1, -0.05) is 41.6 Å². The molecule has 0 saturated heterocycles. The van der Waals surface area contributed by atoms with E-state index in [9.17, 15) is 9.70 Å².